The Hall–Kier alpha value is -1.06. The molecule has 1 aliphatic heterocycles. The largest absolute Gasteiger partial charge is 0.493 e. The van der Waals surface area contributed by atoms with Gasteiger partial charge in [0.05, 0.1) is 6.61 Å². The quantitative estimate of drug-likeness (QED) is 0.867. The van der Waals surface area contributed by atoms with Crippen molar-refractivity contribution in [3.63, 3.8) is 0 Å². The molecular formula is C18H30N2O. The fourth-order valence-corrected chi connectivity index (χ4v) is 3.20. The second-order valence-corrected chi connectivity index (χ2v) is 6.09. The molecule has 1 aromatic carbocycles. The minimum absolute atomic E-state index is 0.410. The molecule has 1 aliphatic rings. The predicted molar refractivity (Wildman–Crippen MR) is 89.0 cm³/mol. The van der Waals surface area contributed by atoms with Gasteiger partial charge < -0.3 is 15.0 Å². The van der Waals surface area contributed by atoms with E-state index in [2.05, 4.69) is 56.1 Å². The number of fused-ring (bicyclic) bond motifs is 1. The average molecular weight is 290 g/mol. The van der Waals surface area contributed by atoms with E-state index in [1.807, 2.05) is 0 Å². The van der Waals surface area contributed by atoms with Gasteiger partial charge >= 0.3 is 0 Å². The Kier molecular flexibility index (Phi) is 6.07. The van der Waals surface area contributed by atoms with Gasteiger partial charge in [0.1, 0.15) is 5.75 Å². The summed E-state index contributed by atoms with van der Waals surface area (Å²) in [6, 6.07) is 7.40. The first kappa shape index (κ1) is 16.3. The van der Waals surface area contributed by atoms with Crippen LogP contribution in [0, 0.1) is 6.92 Å². The number of para-hydroxylation sites is 1. The number of nitrogens with one attached hydrogen (secondary N) is 1. The zero-order valence-electron chi connectivity index (χ0n) is 14.0. The topological polar surface area (TPSA) is 24.5 Å². The lowest BCUT2D eigenvalue weighted by atomic mass is 9.99. The van der Waals surface area contributed by atoms with Crippen LogP contribution in [0.4, 0.5) is 0 Å². The van der Waals surface area contributed by atoms with Crippen LogP contribution in [0.2, 0.25) is 0 Å². The van der Waals surface area contributed by atoms with Crippen molar-refractivity contribution in [3.05, 3.63) is 29.3 Å². The van der Waals surface area contributed by atoms with Crippen molar-refractivity contribution in [1.82, 2.24) is 10.2 Å². The van der Waals surface area contributed by atoms with E-state index < -0.39 is 0 Å². The number of rotatable bonds is 6. The first-order valence-corrected chi connectivity index (χ1v) is 8.36. The number of ether oxygens (including phenoxy) is 1. The van der Waals surface area contributed by atoms with Crippen molar-refractivity contribution in [2.45, 2.75) is 52.6 Å². The molecule has 118 valence electrons. The molecule has 1 aromatic rings. The Labute approximate surface area is 129 Å². The first-order chi connectivity index (χ1) is 10.2. The van der Waals surface area contributed by atoms with Crippen molar-refractivity contribution >= 4 is 0 Å². The fraction of sp³-hybridized carbons (Fsp3) is 0.667. The molecule has 0 saturated carbocycles. The van der Waals surface area contributed by atoms with Gasteiger partial charge in [-0.25, -0.2) is 0 Å². The van der Waals surface area contributed by atoms with E-state index in [1.54, 1.807) is 0 Å². The molecule has 2 rings (SSSR count). The highest BCUT2D eigenvalue weighted by Crippen LogP contribution is 2.34. The zero-order valence-corrected chi connectivity index (χ0v) is 14.0. The molecule has 0 fully saturated rings. The van der Waals surface area contributed by atoms with Crippen LogP contribution in [-0.2, 0) is 0 Å². The summed E-state index contributed by atoms with van der Waals surface area (Å²) in [6.45, 7) is 13.1. The van der Waals surface area contributed by atoms with E-state index in [0.717, 1.165) is 44.8 Å². The van der Waals surface area contributed by atoms with Crippen LogP contribution < -0.4 is 10.1 Å². The van der Waals surface area contributed by atoms with Crippen molar-refractivity contribution < 1.29 is 4.74 Å². The minimum atomic E-state index is 0.410. The van der Waals surface area contributed by atoms with Crippen LogP contribution in [0.25, 0.3) is 0 Å². The molecule has 2 unspecified atom stereocenters. The lowest BCUT2D eigenvalue weighted by Crippen LogP contribution is -2.40. The van der Waals surface area contributed by atoms with Crippen LogP contribution in [0.3, 0.4) is 0 Å². The van der Waals surface area contributed by atoms with Crippen molar-refractivity contribution in [3.8, 4) is 5.75 Å². The third kappa shape index (κ3) is 4.21. The molecule has 3 nitrogen and oxygen atoms in total. The van der Waals surface area contributed by atoms with Gasteiger partial charge in [0.2, 0.25) is 0 Å². The highest BCUT2D eigenvalue weighted by Gasteiger charge is 2.22. The van der Waals surface area contributed by atoms with Crippen LogP contribution in [0.15, 0.2) is 18.2 Å². The normalized spacial score (nSPS) is 19.8. The molecule has 0 amide bonds. The molecule has 2 atom stereocenters. The summed E-state index contributed by atoms with van der Waals surface area (Å²) < 4.78 is 5.96. The van der Waals surface area contributed by atoms with Crippen LogP contribution in [0.1, 0.15) is 50.8 Å². The molecule has 1 heterocycles. The van der Waals surface area contributed by atoms with Gasteiger partial charge in [-0.05, 0) is 45.3 Å². The molecule has 0 saturated heterocycles. The number of hydrogen-bond acceptors (Lipinski definition) is 3. The van der Waals surface area contributed by atoms with E-state index in [1.165, 1.54) is 11.1 Å². The lowest BCUT2D eigenvalue weighted by molar-refractivity contribution is 0.259. The Morgan fingerprint density at radius 1 is 1.33 bits per heavy atom. The van der Waals surface area contributed by atoms with Crippen LogP contribution >= 0.6 is 0 Å². The molecule has 0 bridgehead atoms. The maximum atomic E-state index is 5.96. The third-order valence-corrected chi connectivity index (χ3v) is 4.41. The van der Waals surface area contributed by atoms with Crippen molar-refractivity contribution in [2.24, 2.45) is 0 Å². The van der Waals surface area contributed by atoms with E-state index in [9.17, 15) is 0 Å². The zero-order chi connectivity index (χ0) is 15.2. The molecule has 0 spiro atoms. The Morgan fingerprint density at radius 3 is 2.81 bits per heavy atom. The predicted octanol–water partition coefficient (Wildman–Crippen LogP) is 3.53. The second kappa shape index (κ2) is 7.81. The summed E-state index contributed by atoms with van der Waals surface area (Å²) in [7, 11) is 0. The van der Waals surface area contributed by atoms with E-state index in [0.29, 0.717) is 12.1 Å². The lowest BCUT2D eigenvalue weighted by Gasteiger charge is -2.28. The molecule has 3 heteroatoms. The molecule has 0 aliphatic carbocycles. The smallest absolute Gasteiger partial charge is 0.126 e. The van der Waals surface area contributed by atoms with Crippen molar-refractivity contribution in [1.29, 1.82) is 0 Å². The second-order valence-electron chi connectivity index (χ2n) is 6.09. The summed E-state index contributed by atoms with van der Waals surface area (Å²) in [5.41, 5.74) is 2.58. The molecular weight excluding hydrogens is 260 g/mol. The van der Waals surface area contributed by atoms with E-state index in [4.69, 9.17) is 4.74 Å². The summed E-state index contributed by atoms with van der Waals surface area (Å²) in [4.78, 5) is 2.47. The average Bonchev–Trinajstić information content (AvgIpc) is 2.68. The highest BCUT2D eigenvalue weighted by atomic mass is 16.5. The highest BCUT2D eigenvalue weighted by molar-refractivity contribution is 5.43. The number of benzene rings is 1. The molecule has 1 N–H and O–H groups in total. The Morgan fingerprint density at radius 2 is 2.10 bits per heavy atom. The van der Waals surface area contributed by atoms with E-state index >= 15 is 0 Å². The fourth-order valence-electron chi connectivity index (χ4n) is 3.20. The van der Waals surface area contributed by atoms with Crippen molar-refractivity contribution in [2.75, 3.05) is 26.2 Å². The van der Waals surface area contributed by atoms with Crippen LogP contribution in [-0.4, -0.2) is 37.2 Å². The number of aryl methyl sites for hydroxylation is 1. The number of hydrogen-bond donors (Lipinski definition) is 1. The van der Waals surface area contributed by atoms with Gasteiger partial charge in [-0.1, -0.05) is 32.0 Å². The summed E-state index contributed by atoms with van der Waals surface area (Å²) in [5.74, 6) is 1.10. The molecule has 0 aromatic heterocycles. The van der Waals surface area contributed by atoms with Gasteiger partial charge in [0, 0.05) is 24.2 Å². The minimum Gasteiger partial charge on any atom is -0.493 e. The van der Waals surface area contributed by atoms with Gasteiger partial charge in [-0.3, -0.25) is 0 Å². The summed E-state index contributed by atoms with van der Waals surface area (Å²) in [5, 5.41) is 3.82. The monoisotopic (exact) mass is 290 g/mol. The van der Waals surface area contributed by atoms with E-state index in [-0.39, 0.29) is 0 Å². The first-order valence-electron chi connectivity index (χ1n) is 8.36. The molecule has 21 heavy (non-hydrogen) atoms. The standard InChI is InChI=1S/C18H30N2O/c1-5-20(6-2)13-15(4)19-17-11-8-12-21-18-14(3)9-7-10-16(17)18/h7,9-10,15,17,19H,5-6,8,11-13H2,1-4H3. The Bertz CT molecular complexity index is 443. The maximum absolute atomic E-state index is 5.96. The Balaban J connectivity index is 2.08. The van der Waals surface area contributed by atoms with Gasteiger partial charge in [0.15, 0.2) is 0 Å². The van der Waals surface area contributed by atoms with Gasteiger partial charge in [-0.15, -0.1) is 0 Å². The molecule has 0 radical (unpaired) electrons. The van der Waals surface area contributed by atoms with Crippen LogP contribution in [0.5, 0.6) is 5.75 Å². The SMILES string of the molecule is CCN(CC)CC(C)NC1CCCOc2c(C)cccc21. The van der Waals surface area contributed by atoms with Gasteiger partial charge in [0.25, 0.3) is 0 Å². The van der Waals surface area contributed by atoms with Gasteiger partial charge in [-0.2, -0.15) is 0 Å². The third-order valence-electron chi connectivity index (χ3n) is 4.41. The number of likely N-dealkylation sites (N-methyl/N-ethyl adjacent to an activating group) is 1. The summed E-state index contributed by atoms with van der Waals surface area (Å²) in [6.07, 6.45) is 2.27. The number of nitrogens with zero attached hydrogens (tertiary/aromatic N) is 1. The maximum Gasteiger partial charge on any atom is 0.126 e. The summed E-state index contributed by atoms with van der Waals surface area (Å²) >= 11 is 0.